The van der Waals surface area contributed by atoms with Gasteiger partial charge in [-0.05, 0) is 44.4 Å². The Kier molecular flexibility index (Phi) is 6.73. The number of hydrogen-bond donors (Lipinski definition) is 0. The van der Waals surface area contributed by atoms with Gasteiger partial charge >= 0.3 is 5.97 Å². The first-order chi connectivity index (χ1) is 13.1. The molecule has 1 amide bonds. The monoisotopic (exact) mass is 408 g/mol. The average Bonchev–Trinajstić information content (AvgIpc) is 3.15. The smallest absolute Gasteiger partial charge is 0.328 e. The molecule has 27 heavy (non-hydrogen) atoms. The second kappa shape index (κ2) is 9.23. The topological polar surface area (TPSA) is 77.3 Å². The lowest BCUT2D eigenvalue weighted by Crippen LogP contribution is -2.49. The highest BCUT2D eigenvalue weighted by Gasteiger charge is 2.33. The van der Waals surface area contributed by atoms with Crippen LogP contribution in [0.2, 0.25) is 5.02 Å². The van der Waals surface area contributed by atoms with Crippen molar-refractivity contribution in [2.24, 2.45) is 0 Å². The minimum atomic E-state index is -0.488. The van der Waals surface area contributed by atoms with E-state index >= 15 is 0 Å². The van der Waals surface area contributed by atoms with Crippen LogP contribution in [0.25, 0.3) is 5.69 Å². The van der Waals surface area contributed by atoms with Crippen LogP contribution in [-0.2, 0) is 14.3 Å². The molecule has 2 aromatic rings. The Morgan fingerprint density at radius 2 is 2.22 bits per heavy atom. The zero-order chi connectivity index (χ0) is 19.2. The van der Waals surface area contributed by atoms with E-state index in [1.165, 1.54) is 11.8 Å². The fraction of sp³-hybridized carbons (Fsp3) is 0.444. The van der Waals surface area contributed by atoms with Gasteiger partial charge in [0.05, 0.1) is 18.0 Å². The van der Waals surface area contributed by atoms with Crippen LogP contribution in [0.5, 0.6) is 0 Å². The number of piperidine rings is 1. The van der Waals surface area contributed by atoms with Crippen LogP contribution < -0.4 is 0 Å². The number of amides is 1. The van der Waals surface area contributed by atoms with Gasteiger partial charge in [-0.3, -0.25) is 9.36 Å². The summed E-state index contributed by atoms with van der Waals surface area (Å²) in [5.74, 6) is -0.245. The van der Waals surface area contributed by atoms with Gasteiger partial charge in [0.15, 0.2) is 5.16 Å². The third-order valence-corrected chi connectivity index (χ3v) is 5.47. The molecule has 0 radical (unpaired) electrons. The summed E-state index contributed by atoms with van der Waals surface area (Å²) in [4.78, 5) is 26.5. The molecule has 144 valence electrons. The van der Waals surface area contributed by atoms with Crippen LogP contribution in [0, 0.1) is 0 Å². The zero-order valence-electron chi connectivity index (χ0n) is 15.0. The van der Waals surface area contributed by atoms with Crippen molar-refractivity contribution in [3.05, 3.63) is 35.6 Å². The quantitative estimate of drug-likeness (QED) is 0.540. The van der Waals surface area contributed by atoms with Crippen molar-refractivity contribution in [1.82, 2.24) is 19.7 Å². The van der Waals surface area contributed by atoms with Gasteiger partial charge in [-0.25, -0.2) is 4.79 Å². The summed E-state index contributed by atoms with van der Waals surface area (Å²) in [5, 5.41) is 9.23. The normalized spacial score (nSPS) is 17.0. The highest BCUT2D eigenvalue weighted by Crippen LogP contribution is 2.24. The van der Waals surface area contributed by atoms with E-state index in [4.69, 9.17) is 16.3 Å². The molecule has 1 saturated heterocycles. The van der Waals surface area contributed by atoms with Crippen molar-refractivity contribution in [3.8, 4) is 5.69 Å². The van der Waals surface area contributed by atoms with Crippen molar-refractivity contribution in [3.63, 3.8) is 0 Å². The van der Waals surface area contributed by atoms with Gasteiger partial charge in [0.2, 0.25) is 5.91 Å². The Morgan fingerprint density at radius 1 is 1.37 bits per heavy atom. The molecule has 0 aliphatic carbocycles. The van der Waals surface area contributed by atoms with Gasteiger partial charge in [0, 0.05) is 11.6 Å². The molecular weight excluding hydrogens is 388 g/mol. The van der Waals surface area contributed by atoms with Gasteiger partial charge in [-0.2, -0.15) is 0 Å². The van der Waals surface area contributed by atoms with Crippen molar-refractivity contribution >= 4 is 35.2 Å². The number of hydrogen-bond acceptors (Lipinski definition) is 6. The molecule has 7 nitrogen and oxygen atoms in total. The van der Waals surface area contributed by atoms with E-state index in [1.54, 1.807) is 34.9 Å². The summed E-state index contributed by atoms with van der Waals surface area (Å²) in [7, 11) is 0. The van der Waals surface area contributed by atoms with Crippen LogP contribution >= 0.6 is 23.4 Å². The molecule has 1 aliphatic heterocycles. The summed E-state index contributed by atoms with van der Waals surface area (Å²) < 4.78 is 6.90. The van der Waals surface area contributed by atoms with Crippen molar-refractivity contribution in [2.45, 2.75) is 37.4 Å². The number of carbonyl (C=O) groups is 2. The highest BCUT2D eigenvalue weighted by molar-refractivity contribution is 7.99. The maximum atomic E-state index is 12.7. The van der Waals surface area contributed by atoms with Gasteiger partial charge in [-0.15, -0.1) is 10.2 Å². The lowest BCUT2D eigenvalue weighted by molar-refractivity contribution is -0.155. The third kappa shape index (κ3) is 4.81. The molecule has 0 spiro atoms. The molecule has 1 aliphatic rings. The van der Waals surface area contributed by atoms with E-state index in [2.05, 4.69) is 10.2 Å². The lowest BCUT2D eigenvalue weighted by Gasteiger charge is -2.33. The zero-order valence-corrected chi connectivity index (χ0v) is 16.6. The second-order valence-corrected chi connectivity index (χ2v) is 7.48. The fourth-order valence-corrected chi connectivity index (χ4v) is 4.05. The van der Waals surface area contributed by atoms with Crippen LogP contribution in [0.3, 0.4) is 0 Å². The fourth-order valence-electron chi connectivity index (χ4n) is 3.05. The Morgan fingerprint density at radius 3 is 3.00 bits per heavy atom. The first kappa shape index (κ1) is 19.7. The molecular formula is C18H21ClN4O3S. The standard InChI is InChI=1S/C18H21ClN4O3S/c1-2-26-17(25)15-8-3-4-9-22(15)16(24)11-27-18-21-20-12-23(18)14-7-5-6-13(19)10-14/h5-7,10,12,15H,2-4,8-9,11H2,1H3/t15-/m1/s1. The van der Waals surface area contributed by atoms with Crippen LogP contribution in [0.4, 0.5) is 0 Å². The molecule has 0 N–H and O–H groups in total. The van der Waals surface area contributed by atoms with E-state index < -0.39 is 6.04 Å². The number of halogens is 1. The van der Waals surface area contributed by atoms with Gasteiger partial charge in [-0.1, -0.05) is 29.4 Å². The van der Waals surface area contributed by atoms with Crippen LogP contribution in [0.1, 0.15) is 26.2 Å². The van der Waals surface area contributed by atoms with E-state index in [0.717, 1.165) is 18.5 Å². The van der Waals surface area contributed by atoms with Gasteiger partial charge < -0.3 is 9.64 Å². The van der Waals surface area contributed by atoms with Crippen molar-refractivity contribution in [1.29, 1.82) is 0 Å². The number of rotatable bonds is 6. The SMILES string of the molecule is CCOC(=O)[C@H]1CCCCN1C(=O)CSc1nncn1-c1cccc(Cl)c1. The molecule has 2 heterocycles. The second-order valence-electron chi connectivity index (χ2n) is 6.10. The predicted molar refractivity (Wildman–Crippen MR) is 103 cm³/mol. The molecule has 3 rings (SSSR count). The largest absolute Gasteiger partial charge is 0.464 e. The van der Waals surface area contributed by atoms with E-state index in [9.17, 15) is 9.59 Å². The first-order valence-corrected chi connectivity index (χ1v) is 10.2. The van der Waals surface area contributed by atoms with Crippen molar-refractivity contribution in [2.75, 3.05) is 18.9 Å². The van der Waals surface area contributed by atoms with Crippen LogP contribution in [-0.4, -0.2) is 56.5 Å². The molecule has 1 aromatic heterocycles. The van der Waals surface area contributed by atoms with Crippen molar-refractivity contribution < 1.29 is 14.3 Å². The molecule has 9 heteroatoms. The average molecular weight is 409 g/mol. The number of likely N-dealkylation sites (tertiary alicyclic amines) is 1. The number of thioether (sulfide) groups is 1. The molecule has 1 atom stereocenters. The van der Waals surface area contributed by atoms with Crippen LogP contribution in [0.15, 0.2) is 35.7 Å². The Hall–Kier alpha value is -2.06. The minimum Gasteiger partial charge on any atom is -0.464 e. The molecule has 0 unspecified atom stereocenters. The number of benzene rings is 1. The lowest BCUT2D eigenvalue weighted by atomic mass is 10.0. The maximum absolute atomic E-state index is 12.7. The Bertz CT molecular complexity index is 813. The number of esters is 1. The van der Waals surface area contributed by atoms with E-state index in [-0.39, 0.29) is 17.6 Å². The summed E-state index contributed by atoms with van der Waals surface area (Å²) in [6.07, 6.45) is 4.04. The first-order valence-electron chi connectivity index (χ1n) is 8.85. The summed E-state index contributed by atoms with van der Waals surface area (Å²) >= 11 is 7.34. The predicted octanol–water partition coefficient (Wildman–Crippen LogP) is 2.96. The maximum Gasteiger partial charge on any atom is 0.328 e. The minimum absolute atomic E-state index is 0.0987. The number of ether oxygens (including phenoxy) is 1. The van der Waals surface area contributed by atoms with E-state index in [0.29, 0.717) is 29.8 Å². The molecule has 0 saturated carbocycles. The van der Waals surface area contributed by atoms with Gasteiger partial charge in [0.1, 0.15) is 12.4 Å². The number of aromatic nitrogens is 3. The molecule has 1 fully saturated rings. The van der Waals surface area contributed by atoms with E-state index in [1.807, 2.05) is 12.1 Å². The van der Waals surface area contributed by atoms with Gasteiger partial charge in [0.25, 0.3) is 0 Å². The summed E-state index contributed by atoms with van der Waals surface area (Å²) in [5.41, 5.74) is 0.824. The molecule has 1 aromatic carbocycles. The Balaban J connectivity index is 1.67. The Labute approximate surface area is 167 Å². The highest BCUT2D eigenvalue weighted by atomic mass is 35.5. The summed E-state index contributed by atoms with van der Waals surface area (Å²) in [6, 6.07) is 6.84. The number of carbonyl (C=O) groups excluding carboxylic acids is 2. The number of nitrogens with zero attached hydrogens (tertiary/aromatic N) is 4. The molecule has 0 bridgehead atoms. The summed E-state index contributed by atoms with van der Waals surface area (Å²) in [6.45, 7) is 2.66. The third-order valence-electron chi connectivity index (χ3n) is 4.31.